The molecule has 0 spiro atoms. The maximum Gasteiger partial charge on any atom is 0.153 e. The first-order chi connectivity index (χ1) is 8.38. The van der Waals surface area contributed by atoms with Gasteiger partial charge < -0.3 is 9.64 Å². The summed E-state index contributed by atoms with van der Waals surface area (Å²) in [6.07, 6.45) is 8.13. The summed E-state index contributed by atoms with van der Waals surface area (Å²) in [4.78, 5) is 2.14. The molecular formula is C14H13NOS. The minimum atomic E-state index is -0.00642. The molecule has 1 unspecified atom stereocenters. The first kappa shape index (κ1) is 10.6. The fraction of sp³-hybridized carbons (Fsp3) is 0.143. The van der Waals surface area contributed by atoms with E-state index in [1.54, 1.807) is 18.4 Å². The number of thiophene rings is 1. The monoisotopic (exact) mass is 243 g/mol. The van der Waals surface area contributed by atoms with Crippen LogP contribution in [0.1, 0.15) is 0 Å². The largest absolute Gasteiger partial charge is 0.358 e. The van der Waals surface area contributed by atoms with Gasteiger partial charge in [0.1, 0.15) is 0 Å². The van der Waals surface area contributed by atoms with E-state index in [2.05, 4.69) is 41.4 Å². The molecule has 0 saturated heterocycles. The van der Waals surface area contributed by atoms with E-state index in [0.717, 1.165) is 0 Å². The zero-order valence-corrected chi connectivity index (χ0v) is 10.4. The Morgan fingerprint density at radius 1 is 1.24 bits per heavy atom. The zero-order valence-electron chi connectivity index (χ0n) is 9.54. The second-order valence-corrected chi connectivity index (χ2v) is 4.94. The lowest BCUT2D eigenvalue weighted by molar-refractivity contribution is 0.144. The van der Waals surface area contributed by atoms with E-state index in [-0.39, 0.29) is 6.23 Å². The Hall–Kier alpha value is -1.58. The van der Waals surface area contributed by atoms with Gasteiger partial charge in [-0.2, -0.15) is 0 Å². The van der Waals surface area contributed by atoms with Gasteiger partial charge in [0.05, 0.1) is 5.00 Å². The molecule has 0 bridgehead atoms. The zero-order chi connectivity index (χ0) is 11.7. The molecule has 1 aromatic carbocycles. The van der Waals surface area contributed by atoms with Crippen molar-refractivity contribution in [3.8, 4) is 0 Å². The topological polar surface area (TPSA) is 12.5 Å². The van der Waals surface area contributed by atoms with Gasteiger partial charge >= 0.3 is 0 Å². The van der Waals surface area contributed by atoms with E-state index in [1.807, 2.05) is 18.2 Å². The Balaban J connectivity index is 2.03. The van der Waals surface area contributed by atoms with Gasteiger partial charge in [-0.15, -0.1) is 11.3 Å². The van der Waals surface area contributed by atoms with Crippen LogP contribution in [0.5, 0.6) is 0 Å². The van der Waals surface area contributed by atoms with Crippen molar-refractivity contribution in [1.82, 2.24) is 0 Å². The van der Waals surface area contributed by atoms with Crippen LogP contribution in [0.25, 0.3) is 10.1 Å². The molecule has 1 aliphatic rings. The number of rotatable bonds is 2. The van der Waals surface area contributed by atoms with Gasteiger partial charge in [0.15, 0.2) is 6.23 Å². The molecule has 17 heavy (non-hydrogen) atoms. The lowest BCUT2D eigenvalue weighted by Crippen LogP contribution is -2.31. The highest BCUT2D eigenvalue weighted by atomic mass is 32.1. The number of hydrogen-bond acceptors (Lipinski definition) is 3. The number of ether oxygens (including phenoxy) is 1. The summed E-state index contributed by atoms with van der Waals surface area (Å²) < 4.78 is 6.75. The Morgan fingerprint density at radius 2 is 2.12 bits per heavy atom. The van der Waals surface area contributed by atoms with Crippen LogP contribution in [-0.4, -0.2) is 13.3 Å². The average Bonchev–Trinajstić information content (AvgIpc) is 2.82. The second kappa shape index (κ2) is 4.35. The van der Waals surface area contributed by atoms with Crippen molar-refractivity contribution < 1.29 is 4.74 Å². The van der Waals surface area contributed by atoms with E-state index >= 15 is 0 Å². The maximum absolute atomic E-state index is 5.45. The van der Waals surface area contributed by atoms with Crippen LogP contribution in [-0.2, 0) is 4.74 Å². The van der Waals surface area contributed by atoms with Crippen LogP contribution < -0.4 is 4.90 Å². The van der Waals surface area contributed by atoms with Crippen molar-refractivity contribution in [3.05, 3.63) is 54.8 Å². The van der Waals surface area contributed by atoms with Crippen LogP contribution >= 0.6 is 11.3 Å². The highest BCUT2D eigenvalue weighted by Gasteiger charge is 2.17. The SMILES string of the molecule is COC1C=CC=CN1c1cc2ccccc2s1. The van der Waals surface area contributed by atoms with Gasteiger partial charge in [-0.1, -0.05) is 24.3 Å². The molecular weight excluding hydrogens is 230 g/mol. The molecule has 2 aromatic rings. The van der Waals surface area contributed by atoms with Crippen molar-refractivity contribution in [2.75, 3.05) is 12.0 Å². The molecule has 3 rings (SSSR count). The predicted octanol–water partition coefficient (Wildman–Crippen LogP) is 3.76. The molecule has 1 aliphatic heterocycles. The first-order valence-corrected chi connectivity index (χ1v) is 6.35. The molecule has 3 heteroatoms. The van der Waals surface area contributed by atoms with Crippen molar-refractivity contribution in [2.45, 2.75) is 6.23 Å². The third-order valence-electron chi connectivity index (χ3n) is 2.82. The number of benzene rings is 1. The molecule has 0 saturated carbocycles. The molecule has 1 aromatic heterocycles. The van der Waals surface area contributed by atoms with Gasteiger partial charge in [-0.3, -0.25) is 0 Å². The Morgan fingerprint density at radius 3 is 2.94 bits per heavy atom. The quantitative estimate of drug-likeness (QED) is 0.796. The van der Waals surface area contributed by atoms with E-state index in [0.29, 0.717) is 0 Å². The minimum Gasteiger partial charge on any atom is -0.358 e. The van der Waals surface area contributed by atoms with Crippen LogP contribution in [0.4, 0.5) is 5.00 Å². The van der Waals surface area contributed by atoms with Crippen LogP contribution in [0.2, 0.25) is 0 Å². The summed E-state index contributed by atoms with van der Waals surface area (Å²) in [5.41, 5.74) is 0. The van der Waals surface area contributed by atoms with Crippen LogP contribution in [0.3, 0.4) is 0 Å². The summed E-state index contributed by atoms with van der Waals surface area (Å²) in [7, 11) is 1.73. The van der Waals surface area contributed by atoms with Gasteiger partial charge in [-0.05, 0) is 29.7 Å². The molecule has 2 nitrogen and oxygen atoms in total. The number of methoxy groups -OCH3 is 1. The van der Waals surface area contributed by atoms with Crippen molar-refractivity contribution in [3.63, 3.8) is 0 Å². The van der Waals surface area contributed by atoms with Crippen molar-refractivity contribution >= 4 is 26.4 Å². The fourth-order valence-electron chi connectivity index (χ4n) is 1.97. The van der Waals surface area contributed by atoms with E-state index < -0.39 is 0 Å². The number of fused-ring (bicyclic) bond motifs is 1. The van der Waals surface area contributed by atoms with Gasteiger partial charge in [0.2, 0.25) is 0 Å². The molecule has 86 valence electrons. The van der Waals surface area contributed by atoms with Gasteiger partial charge in [-0.25, -0.2) is 0 Å². The lowest BCUT2D eigenvalue weighted by Gasteiger charge is -2.27. The summed E-state index contributed by atoms with van der Waals surface area (Å²) in [5.74, 6) is 0. The molecule has 0 radical (unpaired) electrons. The number of hydrogen-bond donors (Lipinski definition) is 0. The highest BCUT2D eigenvalue weighted by molar-refractivity contribution is 7.22. The first-order valence-electron chi connectivity index (χ1n) is 5.53. The van der Waals surface area contributed by atoms with Crippen LogP contribution in [0, 0.1) is 0 Å². The summed E-state index contributed by atoms with van der Waals surface area (Å²) in [5, 5.41) is 2.49. The maximum atomic E-state index is 5.45. The Kier molecular flexibility index (Phi) is 2.71. The van der Waals surface area contributed by atoms with Gasteiger partial charge in [0, 0.05) is 18.0 Å². The van der Waals surface area contributed by atoms with Crippen LogP contribution in [0.15, 0.2) is 54.8 Å². The summed E-state index contributed by atoms with van der Waals surface area (Å²) in [6, 6.07) is 10.6. The summed E-state index contributed by atoms with van der Waals surface area (Å²) in [6.45, 7) is 0. The molecule has 0 N–H and O–H groups in total. The predicted molar refractivity (Wildman–Crippen MR) is 73.4 cm³/mol. The second-order valence-electron chi connectivity index (χ2n) is 3.88. The average molecular weight is 243 g/mol. The Bertz CT molecular complexity index is 552. The molecule has 2 heterocycles. The van der Waals surface area contributed by atoms with Gasteiger partial charge in [0.25, 0.3) is 0 Å². The molecule has 0 amide bonds. The fourth-order valence-corrected chi connectivity index (χ4v) is 3.04. The highest BCUT2D eigenvalue weighted by Crippen LogP contribution is 2.34. The van der Waals surface area contributed by atoms with E-state index in [1.165, 1.54) is 15.1 Å². The molecule has 0 fully saturated rings. The molecule has 1 atom stereocenters. The normalized spacial score (nSPS) is 19.1. The number of allylic oxidation sites excluding steroid dienone is 2. The molecule has 0 aliphatic carbocycles. The third kappa shape index (κ3) is 1.88. The smallest absolute Gasteiger partial charge is 0.153 e. The lowest BCUT2D eigenvalue weighted by atomic mass is 10.2. The number of nitrogens with zero attached hydrogens (tertiary/aromatic N) is 1. The van der Waals surface area contributed by atoms with Crippen molar-refractivity contribution in [2.24, 2.45) is 0 Å². The minimum absolute atomic E-state index is 0.00642. The van der Waals surface area contributed by atoms with Crippen molar-refractivity contribution in [1.29, 1.82) is 0 Å². The van der Waals surface area contributed by atoms with E-state index in [9.17, 15) is 0 Å². The summed E-state index contributed by atoms with van der Waals surface area (Å²) >= 11 is 1.78. The standard InChI is InChI=1S/C14H13NOS/c1-16-13-8-4-5-9-15(13)14-10-11-6-2-3-7-12(11)17-14/h2-10,13H,1H3. The third-order valence-corrected chi connectivity index (χ3v) is 3.95. The number of anilines is 1. The Labute approximate surface area is 104 Å². The van der Waals surface area contributed by atoms with E-state index in [4.69, 9.17) is 4.74 Å².